The summed E-state index contributed by atoms with van der Waals surface area (Å²) < 4.78 is 37.4. The zero-order chi connectivity index (χ0) is 28.4. The SMILES string of the molecule is CCOc1ccc(N(CC(=O)N(Cc2ccc(OC)cc2)[C@H](CC)C(=O)NC2CCCCC2)S(C)(=O)=O)cc1. The van der Waals surface area contributed by atoms with Crippen LogP contribution in [-0.2, 0) is 26.2 Å². The van der Waals surface area contributed by atoms with E-state index in [1.54, 1.807) is 43.5 Å². The zero-order valence-corrected chi connectivity index (χ0v) is 24.2. The van der Waals surface area contributed by atoms with Crippen LogP contribution in [0.4, 0.5) is 5.69 Å². The minimum atomic E-state index is -3.80. The first-order valence-electron chi connectivity index (χ1n) is 13.6. The van der Waals surface area contributed by atoms with Gasteiger partial charge < -0.3 is 19.7 Å². The molecule has 10 heteroatoms. The minimum Gasteiger partial charge on any atom is -0.497 e. The fraction of sp³-hybridized carbons (Fsp3) is 0.517. The number of sulfonamides is 1. The molecule has 0 saturated heterocycles. The number of nitrogens with zero attached hydrogens (tertiary/aromatic N) is 2. The number of hydrogen-bond acceptors (Lipinski definition) is 6. The lowest BCUT2D eigenvalue weighted by molar-refractivity contribution is -0.140. The van der Waals surface area contributed by atoms with Gasteiger partial charge in [-0.3, -0.25) is 13.9 Å². The number of amides is 2. The van der Waals surface area contributed by atoms with E-state index >= 15 is 0 Å². The van der Waals surface area contributed by atoms with E-state index in [9.17, 15) is 18.0 Å². The molecule has 0 heterocycles. The van der Waals surface area contributed by atoms with E-state index < -0.39 is 28.5 Å². The summed E-state index contributed by atoms with van der Waals surface area (Å²) in [5.74, 6) is 0.610. The van der Waals surface area contributed by atoms with Crippen molar-refractivity contribution >= 4 is 27.5 Å². The van der Waals surface area contributed by atoms with Gasteiger partial charge in [0.15, 0.2) is 0 Å². The first-order valence-corrected chi connectivity index (χ1v) is 15.4. The van der Waals surface area contributed by atoms with Crippen LogP contribution in [-0.4, -0.2) is 63.7 Å². The molecule has 39 heavy (non-hydrogen) atoms. The van der Waals surface area contributed by atoms with Crippen LogP contribution in [0.3, 0.4) is 0 Å². The van der Waals surface area contributed by atoms with Crippen LogP contribution in [0.1, 0.15) is 57.9 Å². The summed E-state index contributed by atoms with van der Waals surface area (Å²) in [7, 11) is -2.22. The molecule has 0 bridgehead atoms. The Bertz CT molecular complexity index is 1180. The summed E-state index contributed by atoms with van der Waals surface area (Å²) in [6.45, 7) is 3.92. The Morgan fingerprint density at radius 2 is 1.59 bits per heavy atom. The quantitative estimate of drug-likeness (QED) is 0.396. The van der Waals surface area contributed by atoms with Crippen LogP contribution in [0, 0.1) is 0 Å². The molecule has 1 atom stereocenters. The summed E-state index contributed by atoms with van der Waals surface area (Å²) in [6.07, 6.45) is 6.62. The smallest absolute Gasteiger partial charge is 0.244 e. The van der Waals surface area contributed by atoms with Crippen molar-refractivity contribution in [2.24, 2.45) is 0 Å². The number of carbonyl (C=O) groups excluding carboxylic acids is 2. The molecular weight excluding hydrogens is 518 g/mol. The third-order valence-corrected chi connectivity index (χ3v) is 8.10. The summed E-state index contributed by atoms with van der Waals surface area (Å²) in [6, 6.07) is 13.2. The molecule has 0 aliphatic heterocycles. The van der Waals surface area contributed by atoms with Gasteiger partial charge in [-0.1, -0.05) is 38.3 Å². The van der Waals surface area contributed by atoms with Gasteiger partial charge in [-0.15, -0.1) is 0 Å². The Hall–Kier alpha value is -3.27. The summed E-state index contributed by atoms with van der Waals surface area (Å²) in [5, 5.41) is 3.14. The van der Waals surface area contributed by atoms with Gasteiger partial charge in [0.1, 0.15) is 24.1 Å². The van der Waals surface area contributed by atoms with E-state index in [4.69, 9.17) is 9.47 Å². The van der Waals surface area contributed by atoms with Crippen LogP contribution >= 0.6 is 0 Å². The highest BCUT2D eigenvalue weighted by Gasteiger charge is 2.32. The highest BCUT2D eigenvalue weighted by molar-refractivity contribution is 7.92. The predicted molar refractivity (Wildman–Crippen MR) is 152 cm³/mol. The van der Waals surface area contributed by atoms with Gasteiger partial charge in [0.25, 0.3) is 0 Å². The van der Waals surface area contributed by atoms with Crippen LogP contribution < -0.4 is 19.1 Å². The highest BCUT2D eigenvalue weighted by Crippen LogP contribution is 2.24. The number of benzene rings is 2. The first kappa shape index (κ1) is 30.3. The molecule has 1 aliphatic rings. The van der Waals surface area contributed by atoms with E-state index in [0.29, 0.717) is 30.2 Å². The van der Waals surface area contributed by atoms with Crippen LogP contribution in [0.5, 0.6) is 11.5 Å². The molecule has 2 amide bonds. The van der Waals surface area contributed by atoms with Crippen molar-refractivity contribution in [1.29, 1.82) is 0 Å². The average molecular weight is 560 g/mol. The van der Waals surface area contributed by atoms with Gasteiger partial charge in [0, 0.05) is 12.6 Å². The maximum Gasteiger partial charge on any atom is 0.244 e. The summed E-state index contributed by atoms with van der Waals surface area (Å²) in [4.78, 5) is 28.8. The molecule has 1 fully saturated rings. The highest BCUT2D eigenvalue weighted by atomic mass is 32.2. The lowest BCUT2D eigenvalue weighted by Crippen LogP contribution is -2.53. The monoisotopic (exact) mass is 559 g/mol. The lowest BCUT2D eigenvalue weighted by atomic mass is 9.95. The number of methoxy groups -OCH3 is 1. The molecule has 1 saturated carbocycles. The van der Waals surface area contributed by atoms with Crippen molar-refractivity contribution in [1.82, 2.24) is 10.2 Å². The number of nitrogens with one attached hydrogen (secondary N) is 1. The average Bonchev–Trinajstić information content (AvgIpc) is 2.92. The number of anilines is 1. The molecule has 0 radical (unpaired) electrons. The molecule has 0 aromatic heterocycles. The van der Waals surface area contributed by atoms with Gasteiger partial charge >= 0.3 is 0 Å². The van der Waals surface area contributed by atoms with E-state index in [1.807, 2.05) is 26.0 Å². The molecule has 1 N–H and O–H groups in total. The van der Waals surface area contributed by atoms with Crippen molar-refractivity contribution in [3.8, 4) is 11.5 Å². The molecule has 9 nitrogen and oxygen atoms in total. The Morgan fingerprint density at radius 1 is 0.974 bits per heavy atom. The Labute approximate surface area is 232 Å². The van der Waals surface area contributed by atoms with Crippen LogP contribution in [0.25, 0.3) is 0 Å². The number of ether oxygens (including phenoxy) is 2. The fourth-order valence-corrected chi connectivity index (χ4v) is 5.73. The molecule has 2 aromatic carbocycles. The van der Waals surface area contributed by atoms with Crippen LogP contribution in [0.15, 0.2) is 48.5 Å². The maximum atomic E-state index is 13.9. The summed E-state index contributed by atoms with van der Waals surface area (Å²) >= 11 is 0. The van der Waals surface area contributed by atoms with Crippen LogP contribution in [0.2, 0.25) is 0 Å². The standard InChI is InChI=1S/C29H41N3O6S/c1-5-27(29(34)30-23-10-8-7-9-11-23)31(20-22-12-16-25(37-3)17-13-22)28(33)21-32(39(4,35)36)24-14-18-26(19-15-24)38-6-2/h12-19,23,27H,5-11,20-21H2,1-4H3,(H,30,34)/t27-/m1/s1. The molecule has 1 aliphatic carbocycles. The summed E-state index contributed by atoms with van der Waals surface area (Å²) in [5.41, 5.74) is 1.15. The molecular formula is C29H41N3O6S. The van der Waals surface area contributed by atoms with E-state index in [1.165, 1.54) is 11.3 Å². The van der Waals surface area contributed by atoms with Gasteiger partial charge in [-0.2, -0.15) is 0 Å². The largest absolute Gasteiger partial charge is 0.497 e. The van der Waals surface area contributed by atoms with Gasteiger partial charge in [0.2, 0.25) is 21.8 Å². The molecule has 2 aromatic rings. The number of carbonyl (C=O) groups is 2. The topological polar surface area (TPSA) is 105 Å². The van der Waals surface area contributed by atoms with E-state index in [2.05, 4.69) is 5.32 Å². The van der Waals surface area contributed by atoms with Crippen molar-refractivity contribution in [3.63, 3.8) is 0 Å². The fourth-order valence-electron chi connectivity index (χ4n) is 4.88. The van der Waals surface area contributed by atoms with Crippen molar-refractivity contribution < 1.29 is 27.5 Å². The Morgan fingerprint density at radius 3 is 2.13 bits per heavy atom. The predicted octanol–water partition coefficient (Wildman–Crippen LogP) is 4.12. The maximum absolute atomic E-state index is 13.9. The molecule has 3 rings (SSSR count). The van der Waals surface area contributed by atoms with E-state index in [0.717, 1.165) is 41.8 Å². The van der Waals surface area contributed by atoms with E-state index in [-0.39, 0.29) is 18.5 Å². The van der Waals surface area contributed by atoms with Gasteiger partial charge in [-0.05, 0) is 68.1 Å². The van der Waals surface area contributed by atoms with Crippen molar-refractivity contribution in [2.75, 3.05) is 30.8 Å². The van der Waals surface area contributed by atoms with Crippen molar-refractivity contribution in [2.45, 2.75) is 71.0 Å². The zero-order valence-electron chi connectivity index (χ0n) is 23.4. The second-order valence-electron chi connectivity index (χ2n) is 9.83. The number of hydrogen-bond donors (Lipinski definition) is 1. The third-order valence-electron chi connectivity index (χ3n) is 6.96. The third kappa shape index (κ3) is 8.61. The lowest BCUT2D eigenvalue weighted by Gasteiger charge is -2.34. The van der Waals surface area contributed by atoms with Crippen molar-refractivity contribution in [3.05, 3.63) is 54.1 Å². The molecule has 0 spiro atoms. The Balaban J connectivity index is 1.89. The number of rotatable bonds is 13. The minimum absolute atomic E-state index is 0.0922. The second-order valence-corrected chi connectivity index (χ2v) is 11.7. The molecule has 214 valence electrons. The normalized spacial score (nSPS) is 14.8. The Kier molecular flexibility index (Phi) is 11.0. The molecule has 0 unspecified atom stereocenters. The first-order chi connectivity index (χ1) is 18.7. The van der Waals surface area contributed by atoms with Gasteiger partial charge in [-0.25, -0.2) is 8.42 Å². The van der Waals surface area contributed by atoms with Gasteiger partial charge in [0.05, 0.1) is 25.7 Å². The second kappa shape index (κ2) is 14.2.